The molecular weight excluding hydrogens is 594 g/mol. The molecule has 3 heterocycles. The zero-order chi connectivity index (χ0) is 31.5. The van der Waals surface area contributed by atoms with Crippen LogP contribution < -0.4 is 0 Å². The predicted octanol–water partition coefficient (Wildman–Crippen LogP) is 3.37. The van der Waals surface area contributed by atoms with Crippen LogP contribution in [0.25, 0.3) is 0 Å². The van der Waals surface area contributed by atoms with Crippen molar-refractivity contribution in [2.75, 3.05) is 52.6 Å². The van der Waals surface area contributed by atoms with Gasteiger partial charge in [0.1, 0.15) is 29.8 Å². The van der Waals surface area contributed by atoms with Crippen molar-refractivity contribution in [1.29, 1.82) is 0 Å². The molecule has 3 aliphatic heterocycles. The number of hydrogen-bond acceptors (Lipinski definition) is 10. The molecule has 1 unspecified atom stereocenters. The molecule has 0 aliphatic carbocycles. The van der Waals surface area contributed by atoms with Crippen molar-refractivity contribution in [3.8, 4) is 11.5 Å². The number of benzene rings is 1. The maximum Gasteiger partial charge on any atom is 0.342 e. The number of fused-ring (bicyclic) bond motifs is 1. The van der Waals surface area contributed by atoms with Crippen LogP contribution in [0.4, 0.5) is 0 Å². The number of morpholine rings is 1. The summed E-state index contributed by atoms with van der Waals surface area (Å²) in [4.78, 5) is 47.3. The number of ether oxygens (including phenoxy) is 3. The Balaban J connectivity index is 1.57. The Bertz CT molecular complexity index is 1270. The average Bonchev–Trinajstić information content (AvgIpc) is 3.02. The van der Waals surface area contributed by atoms with Crippen LogP contribution >= 0.6 is 11.6 Å². The van der Waals surface area contributed by atoms with E-state index in [9.17, 15) is 24.6 Å². The van der Waals surface area contributed by atoms with Crippen molar-refractivity contribution in [3.63, 3.8) is 0 Å². The third-order valence-corrected chi connectivity index (χ3v) is 7.97. The van der Waals surface area contributed by atoms with Crippen LogP contribution in [-0.4, -0.2) is 108 Å². The molecular formula is C31H40ClN3O9. The highest BCUT2D eigenvalue weighted by molar-refractivity contribution is 6.33. The number of halogens is 1. The van der Waals surface area contributed by atoms with Crippen molar-refractivity contribution < 1.29 is 43.6 Å². The van der Waals surface area contributed by atoms with E-state index < -0.39 is 29.7 Å². The normalized spacial score (nSPS) is 24.1. The number of amides is 2. The number of likely N-dealkylation sites (tertiary alicyclic amines) is 1. The van der Waals surface area contributed by atoms with Crippen molar-refractivity contribution in [3.05, 3.63) is 46.5 Å². The van der Waals surface area contributed by atoms with Crippen LogP contribution in [0.5, 0.6) is 11.5 Å². The van der Waals surface area contributed by atoms with Crippen LogP contribution in [-0.2, 0) is 35.1 Å². The molecule has 0 saturated carbocycles. The monoisotopic (exact) mass is 633 g/mol. The fourth-order valence-corrected chi connectivity index (χ4v) is 5.34. The van der Waals surface area contributed by atoms with Gasteiger partial charge in [0.2, 0.25) is 5.91 Å². The molecule has 13 heteroatoms. The Morgan fingerprint density at radius 2 is 1.70 bits per heavy atom. The molecule has 3 aliphatic rings. The molecule has 2 amide bonds. The zero-order valence-corrected chi connectivity index (χ0v) is 25.7. The van der Waals surface area contributed by atoms with Gasteiger partial charge in [-0.2, -0.15) is 0 Å². The van der Waals surface area contributed by atoms with E-state index in [0.717, 1.165) is 25.3 Å². The number of aromatic hydroxyl groups is 2. The number of phenolic OH excluding ortho intramolecular Hbond substituents is 2. The van der Waals surface area contributed by atoms with Gasteiger partial charge in [-0.25, -0.2) is 4.79 Å². The SMILES string of the molecule is CC1C/C=C/[C@@H](OCC(=O)N2CCOCC2)C/C=C/C(=N/OCC(=O)N2CCCCC2)Cc2c(Cl)c(O)cc(O)c2C(=O)O1. The maximum absolute atomic E-state index is 13.2. The number of phenols is 2. The predicted molar refractivity (Wildman–Crippen MR) is 162 cm³/mol. The van der Waals surface area contributed by atoms with Crippen LogP contribution in [0, 0.1) is 0 Å². The molecule has 4 rings (SSSR count). The second-order valence-electron chi connectivity index (χ2n) is 10.9. The van der Waals surface area contributed by atoms with Gasteiger partial charge in [0, 0.05) is 45.1 Å². The maximum atomic E-state index is 13.2. The lowest BCUT2D eigenvalue weighted by Crippen LogP contribution is -2.42. The molecule has 2 saturated heterocycles. The summed E-state index contributed by atoms with van der Waals surface area (Å²) in [6.45, 7) is 4.66. The third-order valence-electron chi connectivity index (χ3n) is 7.55. The van der Waals surface area contributed by atoms with E-state index in [1.807, 2.05) is 0 Å². The zero-order valence-electron chi connectivity index (χ0n) is 24.9. The van der Waals surface area contributed by atoms with Gasteiger partial charge < -0.3 is 39.1 Å². The number of hydrogen-bond donors (Lipinski definition) is 2. The van der Waals surface area contributed by atoms with E-state index in [-0.39, 0.29) is 53.3 Å². The first-order chi connectivity index (χ1) is 21.2. The lowest BCUT2D eigenvalue weighted by molar-refractivity contribution is -0.141. The summed E-state index contributed by atoms with van der Waals surface area (Å²) in [6.07, 6.45) is 9.48. The van der Waals surface area contributed by atoms with Crippen molar-refractivity contribution >= 4 is 35.1 Å². The molecule has 2 atom stereocenters. The topological polar surface area (TPSA) is 147 Å². The number of carbonyl (C=O) groups is 3. The summed E-state index contributed by atoms with van der Waals surface area (Å²) in [5, 5.41) is 25.0. The van der Waals surface area contributed by atoms with Gasteiger partial charge in [0.25, 0.3) is 5.91 Å². The van der Waals surface area contributed by atoms with Crippen LogP contribution in [0.2, 0.25) is 5.02 Å². The van der Waals surface area contributed by atoms with Crippen molar-refractivity contribution in [1.82, 2.24) is 9.80 Å². The Morgan fingerprint density at radius 1 is 1.00 bits per heavy atom. The minimum atomic E-state index is -0.828. The molecule has 12 nitrogen and oxygen atoms in total. The lowest BCUT2D eigenvalue weighted by Gasteiger charge is -2.27. The van der Waals surface area contributed by atoms with Crippen molar-refractivity contribution in [2.24, 2.45) is 5.16 Å². The fourth-order valence-electron chi connectivity index (χ4n) is 5.12. The minimum absolute atomic E-state index is 0.0900. The van der Waals surface area contributed by atoms with Gasteiger partial charge in [-0.05, 0) is 44.2 Å². The average molecular weight is 634 g/mol. The first-order valence-corrected chi connectivity index (χ1v) is 15.3. The number of esters is 1. The van der Waals surface area contributed by atoms with Crippen molar-refractivity contribution in [2.45, 2.75) is 57.7 Å². The third kappa shape index (κ3) is 9.44. The molecule has 1 aromatic rings. The molecule has 0 spiro atoms. The molecule has 0 aromatic heterocycles. The summed E-state index contributed by atoms with van der Waals surface area (Å²) in [7, 11) is 0. The number of carbonyl (C=O) groups excluding carboxylic acids is 3. The molecule has 2 N–H and O–H groups in total. The summed E-state index contributed by atoms with van der Waals surface area (Å²) >= 11 is 6.42. The van der Waals surface area contributed by atoms with Gasteiger partial charge in [-0.1, -0.05) is 35.0 Å². The molecule has 240 valence electrons. The van der Waals surface area contributed by atoms with Gasteiger partial charge >= 0.3 is 5.97 Å². The number of nitrogens with zero attached hydrogens (tertiary/aromatic N) is 3. The van der Waals surface area contributed by atoms with E-state index in [4.69, 9.17) is 30.6 Å². The summed E-state index contributed by atoms with van der Waals surface area (Å²) < 4.78 is 16.8. The molecule has 44 heavy (non-hydrogen) atoms. The Labute approximate surface area is 261 Å². The molecule has 2 fully saturated rings. The van der Waals surface area contributed by atoms with E-state index in [1.54, 1.807) is 41.0 Å². The highest BCUT2D eigenvalue weighted by Crippen LogP contribution is 2.37. The fraction of sp³-hybridized carbons (Fsp3) is 0.548. The van der Waals surface area contributed by atoms with E-state index in [2.05, 4.69) is 5.16 Å². The number of cyclic esters (lactones) is 1. The minimum Gasteiger partial charge on any atom is -0.507 e. The summed E-state index contributed by atoms with van der Waals surface area (Å²) in [5.74, 6) is -2.06. The summed E-state index contributed by atoms with van der Waals surface area (Å²) in [5.41, 5.74) is 0.149. The molecule has 0 bridgehead atoms. The molecule has 1 aromatic carbocycles. The van der Waals surface area contributed by atoms with Crippen LogP contribution in [0.3, 0.4) is 0 Å². The van der Waals surface area contributed by atoms with Crippen LogP contribution in [0.1, 0.15) is 54.9 Å². The van der Waals surface area contributed by atoms with Gasteiger partial charge in [-0.3, -0.25) is 9.59 Å². The Kier molecular flexibility index (Phi) is 12.5. The summed E-state index contributed by atoms with van der Waals surface area (Å²) in [6, 6.07) is 0.983. The van der Waals surface area contributed by atoms with Gasteiger partial charge in [-0.15, -0.1) is 0 Å². The van der Waals surface area contributed by atoms with Gasteiger partial charge in [0.15, 0.2) is 6.61 Å². The largest absolute Gasteiger partial charge is 0.507 e. The Hall–Kier alpha value is -3.61. The second-order valence-corrected chi connectivity index (χ2v) is 11.3. The van der Waals surface area contributed by atoms with E-state index in [1.165, 1.54) is 0 Å². The number of oxime groups is 1. The number of piperidine rings is 1. The lowest BCUT2D eigenvalue weighted by atomic mass is 9.99. The Morgan fingerprint density at radius 3 is 2.45 bits per heavy atom. The van der Waals surface area contributed by atoms with Gasteiger partial charge in [0.05, 0.1) is 30.1 Å². The highest BCUT2D eigenvalue weighted by Gasteiger charge is 2.26. The first-order valence-electron chi connectivity index (χ1n) is 14.9. The first kappa shape index (κ1) is 33.3. The number of allylic oxidation sites excluding steroid dienone is 1. The second kappa shape index (κ2) is 16.5. The highest BCUT2D eigenvalue weighted by atomic mass is 35.5. The van der Waals surface area contributed by atoms with Crippen LogP contribution in [0.15, 0.2) is 35.5 Å². The number of rotatable bonds is 6. The van der Waals surface area contributed by atoms with E-state index in [0.29, 0.717) is 52.2 Å². The molecule has 0 radical (unpaired) electrons. The standard InChI is InChI=1S/C31H40ClN3O9/c1-21-7-5-9-23(42-19-27(38)35-13-15-41-16-14-35)10-6-8-22(33-43-20-28(39)34-11-3-2-4-12-34)17-24-29(31(40)44-21)25(36)18-26(37)30(24)32/h5-6,8-9,18,21,23,36-37H,2-4,7,10-17,19-20H2,1H3/b8-6+,9-5+,33-22-/t21?,23-/m1/s1. The smallest absolute Gasteiger partial charge is 0.342 e. The van der Waals surface area contributed by atoms with E-state index >= 15 is 0 Å². The quantitative estimate of drug-likeness (QED) is 0.273.